The summed E-state index contributed by atoms with van der Waals surface area (Å²) in [5.74, 6) is 0.131. The topological polar surface area (TPSA) is 45.2 Å². The van der Waals surface area contributed by atoms with Crippen molar-refractivity contribution in [2.75, 3.05) is 13.6 Å². The van der Waals surface area contributed by atoms with Crippen LogP contribution in [0.2, 0.25) is 0 Å². The third-order valence-corrected chi connectivity index (χ3v) is 6.04. The van der Waals surface area contributed by atoms with E-state index in [1.807, 2.05) is 20.0 Å². The Morgan fingerprint density at radius 2 is 1.86 bits per heavy atom. The minimum Gasteiger partial charge on any atom is -0.344 e. The van der Waals surface area contributed by atoms with Crippen molar-refractivity contribution in [3.8, 4) is 11.1 Å². The Morgan fingerprint density at radius 3 is 2.45 bits per heavy atom. The number of alkyl halides is 3. The first kappa shape index (κ1) is 21.6. The molecule has 2 saturated heterocycles. The largest absolute Gasteiger partial charge is 0.416 e. The predicted molar refractivity (Wildman–Crippen MR) is 107 cm³/mol. The molecule has 2 aromatic rings. The van der Waals surface area contributed by atoms with Gasteiger partial charge in [-0.1, -0.05) is 12.1 Å². The lowest BCUT2D eigenvalue weighted by atomic mass is 9.95. The molecule has 1 aromatic carbocycles. The van der Waals surface area contributed by atoms with Gasteiger partial charge in [0.1, 0.15) is 5.54 Å². The molecule has 0 bridgehead atoms. The number of nitrogens with zero attached hydrogens (tertiary/aromatic N) is 2. The molecule has 0 aliphatic carbocycles. The number of hydrogen-bond acceptors (Lipinski definition) is 3. The summed E-state index contributed by atoms with van der Waals surface area (Å²) in [4.78, 5) is 18.8. The fourth-order valence-electron chi connectivity index (χ4n) is 4.43. The lowest BCUT2D eigenvalue weighted by Crippen LogP contribution is -2.47. The minimum atomic E-state index is -4.35. The molecule has 8 heteroatoms. The van der Waals surface area contributed by atoms with Crippen LogP contribution in [0.25, 0.3) is 11.1 Å². The highest BCUT2D eigenvalue weighted by atomic mass is 35.5. The number of hydrogen-bond donors (Lipinski definition) is 1. The van der Waals surface area contributed by atoms with Crippen molar-refractivity contribution in [3.63, 3.8) is 0 Å². The fraction of sp³-hybridized carbons (Fsp3) is 0.429. The maximum atomic E-state index is 12.8. The molecule has 0 saturated carbocycles. The van der Waals surface area contributed by atoms with Crippen LogP contribution in [0, 0.1) is 6.92 Å². The second-order valence-electron chi connectivity index (χ2n) is 7.74. The molecule has 4 nitrogen and oxygen atoms in total. The third-order valence-electron chi connectivity index (χ3n) is 6.04. The van der Waals surface area contributed by atoms with Gasteiger partial charge in [-0.3, -0.25) is 15.1 Å². The van der Waals surface area contributed by atoms with Crippen molar-refractivity contribution in [1.29, 1.82) is 0 Å². The molecule has 1 aromatic heterocycles. The summed E-state index contributed by atoms with van der Waals surface area (Å²) in [5, 5.41) is 3.51. The molecule has 1 amide bonds. The highest BCUT2D eigenvalue weighted by Gasteiger charge is 2.50. The van der Waals surface area contributed by atoms with Crippen molar-refractivity contribution in [2.24, 2.45) is 0 Å². The summed E-state index contributed by atoms with van der Waals surface area (Å²) in [5.41, 5.74) is 2.20. The van der Waals surface area contributed by atoms with Crippen molar-refractivity contribution < 1.29 is 18.0 Å². The van der Waals surface area contributed by atoms with Crippen molar-refractivity contribution in [3.05, 3.63) is 53.3 Å². The predicted octanol–water partition coefficient (Wildman–Crippen LogP) is 4.52. The standard InChI is InChI=1S/C21H22F3N3O.ClH/c1-13-16(14-3-5-15(6-4-14)21(22,23)24)8-11-25-18(13)17-7-9-20(26-17)10-12-27(2)19(20)28;/h3-6,8,11,17,26H,7,9-10,12H2,1-2H3;1H/t17-,20+;/m0./s1. The molecule has 2 fully saturated rings. The molecule has 2 aliphatic rings. The van der Waals surface area contributed by atoms with E-state index in [2.05, 4.69) is 10.3 Å². The molecular formula is C21H23ClF3N3O. The lowest BCUT2D eigenvalue weighted by Gasteiger charge is -2.24. The molecule has 2 aliphatic heterocycles. The van der Waals surface area contributed by atoms with Crippen LogP contribution in [0.15, 0.2) is 36.5 Å². The van der Waals surface area contributed by atoms with E-state index in [1.54, 1.807) is 11.1 Å². The van der Waals surface area contributed by atoms with Gasteiger partial charge in [-0.05, 0) is 61.1 Å². The van der Waals surface area contributed by atoms with Gasteiger partial charge in [0.05, 0.1) is 17.3 Å². The maximum absolute atomic E-state index is 12.8. The summed E-state index contributed by atoms with van der Waals surface area (Å²) in [6.45, 7) is 2.68. The summed E-state index contributed by atoms with van der Waals surface area (Å²) >= 11 is 0. The SMILES string of the molecule is Cc1c(-c2ccc(C(F)(F)F)cc2)ccnc1[C@@H]1CC[C@]2(CCN(C)C2=O)N1.Cl. The Morgan fingerprint density at radius 1 is 1.17 bits per heavy atom. The van der Waals surface area contributed by atoms with E-state index in [-0.39, 0.29) is 24.4 Å². The number of nitrogens with one attached hydrogen (secondary N) is 1. The number of amides is 1. The molecule has 0 unspecified atom stereocenters. The molecule has 2 atom stereocenters. The fourth-order valence-corrected chi connectivity index (χ4v) is 4.43. The number of carbonyl (C=O) groups is 1. The second kappa shape index (κ2) is 7.61. The Labute approximate surface area is 173 Å². The molecule has 29 heavy (non-hydrogen) atoms. The van der Waals surface area contributed by atoms with Crippen LogP contribution in [0.3, 0.4) is 0 Å². The van der Waals surface area contributed by atoms with Crippen LogP contribution in [0.5, 0.6) is 0 Å². The normalized spacial score (nSPS) is 24.2. The first-order valence-electron chi connectivity index (χ1n) is 9.38. The molecule has 156 valence electrons. The van der Waals surface area contributed by atoms with E-state index in [0.717, 1.165) is 60.3 Å². The van der Waals surface area contributed by atoms with Gasteiger partial charge in [0.2, 0.25) is 5.91 Å². The van der Waals surface area contributed by atoms with Crippen LogP contribution < -0.4 is 5.32 Å². The van der Waals surface area contributed by atoms with Crippen LogP contribution in [0.4, 0.5) is 13.2 Å². The monoisotopic (exact) mass is 425 g/mol. The number of benzene rings is 1. The first-order valence-corrected chi connectivity index (χ1v) is 9.38. The number of aromatic nitrogens is 1. The molecule has 1 N–H and O–H groups in total. The average molecular weight is 426 g/mol. The number of carbonyl (C=O) groups excluding carboxylic acids is 1. The number of likely N-dealkylation sites (N-methyl/N-ethyl adjacent to an activating group) is 1. The van der Waals surface area contributed by atoms with Crippen LogP contribution >= 0.6 is 12.4 Å². The van der Waals surface area contributed by atoms with E-state index >= 15 is 0 Å². The zero-order valence-electron chi connectivity index (χ0n) is 16.2. The van der Waals surface area contributed by atoms with Crippen LogP contribution in [-0.2, 0) is 11.0 Å². The van der Waals surface area contributed by atoms with Crippen LogP contribution in [0.1, 0.15) is 42.1 Å². The molecular weight excluding hydrogens is 403 g/mol. The van der Waals surface area contributed by atoms with Crippen molar-refractivity contribution >= 4 is 18.3 Å². The zero-order valence-corrected chi connectivity index (χ0v) is 17.0. The third kappa shape index (κ3) is 3.73. The smallest absolute Gasteiger partial charge is 0.344 e. The van der Waals surface area contributed by atoms with Gasteiger partial charge >= 0.3 is 6.18 Å². The molecule has 0 radical (unpaired) electrons. The number of halogens is 4. The van der Waals surface area contributed by atoms with Gasteiger partial charge in [-0.15, -0.1) is 12.4 Å². The summed E-state index contributed by atoms with van der Waals surface area (Å²) in [6.07, 6.45) is -0.294. The minimum absolute atomic E-state index is 0. The highest BCUT2D eigenvalue weighted by Crippen LogP contribution is 2.40. The van der Waals surface area contributed by atoms with Crippen molar-refractivity contribution in [1.82, 2.24) is 15.2 Å². The Balaban J connectivity index is 0.00000240. The van der Waals surface area contributed by atoms with Gasteiger partial charge in [0.25, 0.3) is 0 Å². The Kier molecular flexibility index (Phi) is 5.66. The van der Waals surface area contributed by atoms with Gasteiger partial charge in [0, 0.05) is 19.8 Å². The first-order chi connectivity index (χ1) is 13.2. The second-order valence-corrected chi connectivity index (χ2v) is 7.74. The summed E-state index contributed by atoms with van der Waals surface area (Å²) in [6, 6.07) is 6.97. The number of rotatable bonds is 2. The molecule has 1 spiro atoms. The van der Waals surface area contributed by atoms with E-state index < -0.39 is 17.3 Å². The van der Waals surface area contributed by atoms with Gasteiger partial charge < -0.3 is 4.90 Å². The van der Waals surface area contributed by atoms with E-state index in [1.165, 1.54) is 12.1 Å². The van der Waals surface area contributed by atoms with E-state index in [0.29, 0.717) is 0 Å². The summed E-state index contributed by atoms with van der Waals surface area (Å²) < 4.78 is 38.5. The lowest BCUT2D eigenvalue weighted by molar-refractivity contribution is -0.137. The molecule has 4 rings (SSSR count). The Hall–Kier alpha value is -2.12. The average Bonchev–Trinajstić information content (AvgIpc) is 3.21. The highest BCUT2D eigenvalue weighted by molar-refractivity contribution is 5.88. The Bertz CT molecular complexity index is 916. The molecule has 3 heterocycles. The zero-order chi connectivity index (χ0) is 20.1. The van der Waals surface area contributed by atoms with Gasteiger partial charge in [0.15, 0.2) is 0 Å². The van der Waals surface area contributed by atoms with E-state index in [9.17, 15) is 18.0 Å². The van der Waals surface area contributed by atoms with Gasteiger partial charge in [-0.25, -0.2) is 0 Å². The number of likely N-dealkylation sites (tertiary alicyclic amines) is 1. The van der Waals surface area contributed by atoms with Gasteiger partial charge in [-0.2, -0.15) is 13.2 Å². The number of pyridine rings is 1. The maximum Gasteiger partial charge on any atom is 0.416 e. The quantitative estimate of drug-likeness (QED) is 0.769. The van der Waals surface area contributed by atoms with E-state index in [4.69, 9.17) is 0 Å². The summed E-state index contributed by atoms with van der Waals surface area (Å²) in [7, 11) is 1.82. The van der Waals surface area contributed by atoms with Crippen molar-refractivity contribution in [2.45, 2.75) is 43.9 Å². The van der Waals surface area contributed by atoms with Crippen LogP contribution in [-0.4, -0.2) is 34.9 Å².